The van der Waals surface area contributed by atoms with Crippen molar-refractivity contribution in [1.82, 2.24) is 0 Å². The molecule has 0 aromatic heterocycles. The van der Waals surface area contributed by atoms with Gasteiger partial charge in [0.15, 0.2) is 0 Å². The zero-order valence-electron chi connectivity index (χ0n) is 9.58. The van der Waals surface area contributed by atoms with Crippen molar-refractivity contribution in [2.45, 2.75) is 49.4 Å². The Balaban J connectivity index is 2.36. The van der Waals surface area contributed by atoms with Crippen molar-refractivity contribution in [2.75, 3.05) is 5.75 Å². The molecule has 84 valence electrons. The first-order chi connectivity index (χ1) is 7.15. The van der Waals surface area contributed by atoms with Crippen molar-refractivity contribution in [2.24, 2.45) is 0 Å². The lowest BCUT2D eigenvalue weighted by Crippen LogP contribution is -2.31. The summed E-state index contributed by atoms with van der Waals surface area (Å²) >= 11 is 3.77. The van der Waals surface area contributed by atoms with E-state index in [1.54, 1.807) is 0 Å². The summed E-state index contributed by atoms with van der Waals surface area (Å²) < 4.78 is 0. The SMILES string of the molecule is CC#CCCC(=O)C1CSC(C)C(C)S1. The maximum absolute atomic E-state index is 11.8. The third-order valence-electron chi connectivity index (χ3n) is 2.58. The zero-order valence-corrected chi connectivity index (χ0v) is 11.2. The van der Waals surface area contributed by atoms with Gasteiger partial charge in [-0.1, -0.05) is 13.8 Å². The summed E-state index contributed by atoms with van der Waals surface area (Å²) in [7, 11) is 0. The molecule has 3 atom stereocenters. The Morgan fingerprint density at radius 1 is 1.40 bits per heavy atom. The van der Waals surface area contributed by atoms with Gasteiger partial charge in [0.25, 0.3) is 0 Å². The number of hydrogen-bond acceptors (Lipinski definition) is 3. The average molecular weight is 242 g/mol. The summed E-state index contributed by atoms with van der Waals surface area (Å²) in [6.45, 7) is 6.28. The third kappa shape index (κ3) is 4.12. The van der Waals surface area contributed by atoms with Gasteiger partial charge in [0.05, 0.1) is 5.25 Å². The lowest BCUT2D eigenvalue weighted by molar-refractivity contribution is -0.118. The number of carbonyl (C=O) groups is 1. The molecule has 0 radical (unpaired) electrons. The van der Waals surface area contributed by atoms with E-state index in [9.17, 15) is 4.79 Å². The number of Topliss-reactive ketones (excluding diaryl/α,β-unsaturated/α-hetero) is 1. The van der Waals surface area contributed by atoms with E-state index >= 15 is 0 Å². The number of rotatable bonds is 3. The lowest BCUT2D eigenvalue weighted by Gasteiger charge is -2.30. The molecular formula is C12H18OS2. The van der Waals surface area contributed by atoms with Crippen LogP contribution in [0.4, 0.5) is 0 Å². The third-order valence-corrected chi connectivity index (χ3v) is 6.02. The van der Waals surface area contributed by atoms with Gasteiger partial charge in [-0.15, -0.1) is 23.6 Å². The first-order valence-corrected chi connectivity index (χ1v) is 7.33. The second kappa shape index (κ2) is 6.50. The molecular weight excluding hydrogens is 224 g/mol. The van der Waals surface area contributed by atoms with Crippen molar-refractivity contribution >= 4 is 29.3 Å². The van der Waals surface area contributed by atoms with E-state index in [0.717, 1.165) is 12.2 Å². The van der Waals surface area contributed by atoms with Crippen molar-refractivity contribution in [3.8, 4) is 11.8 Å². The summed E-state index contributed by atoms with van der Waals surface area (Å²) in [6.07, 6.45) is 1.35. The van der Waals surface area contributed by atoms with Crippen LogP contribution in [0.1, 0.15) is 33.6 Å². The summed E-state index contributed by atoms with van der Waals surface area (Å²) in [5.74, 6) is 7.14. The van der Waals surface area contributed by atoms with Crippen molar-refractivity contribution < 1.29 is 4.79 Å². The molecule has 0 aromatic carbocycles. The maximum Gasteiger partial charge on any atom is 0.147 e. The molecule has 0 N–H and O–H groups in total. The molecule has 1 heterocycles. The van der Waals surface area contributed by atoms with Gasteiger partial charge in [0.2, 0.25) is 0 Å². The fraction of sp³-hybridized carbons (Fsp3) is 0.750. The highest BCUT2D eigenvalue weighted by molar-refractivity contribution is 8.08. The van der Waals surface area contributed by atoms with Crippen LogP contribution in [0.2, 0.25) is 0 Å². The van der Waals surface area contributed by atoms with Crippen LogP contribution in [-0.4, -0.2) is 27.3 Å². The largest absolute Gasteiger partial charge is 0.298 e. The van der Waals surface area contributed by atoms with Crippen molar-refractivity contribution in [3.05, 3.63) is 0 Å². The van der Waals surface area contributed by atoms with Gasteiger partial charge in [0.1, 0.15) is 5.78 Å². The van der Waals surface area contributed by atoms with Crippen LogP contribution < -0.4 is 0 Å². The molecule has 1 aliphatic heterocycles. The predicted molar refractivity (Wildman–Crippen MR) is 70.5 cm³/mol. The molecule has 0 aliphatic carbocycles. The quantitative estimate of drug-likeness (QED) is 0.708. The molecule has 0 spiro atoms. The van der Waals surface area contributed by atoms with E-state index < -0.39 is 0 Å². The molecule has 0 saturated carbocycles. The maximum atomic E-state index is 11.8. The van der Waals surface area contributed by atoms with Gasteiger partial charge in [-0.2, -0.15) is 11.8 Å². The molecule has 3 heteroatoms. The Morgan fingerprint density at radius 2 is 2.13 bits per heavy atom. The smallest absolute Gasteiger partial charge is 0.147 e. The van der Waals surface area contributed by atoms with Crippen LogP contribution in [0.5, 0.6) is 0 Å². The molecule has 1 nitrogen and oxygen atoms in total. The summed E-state index contributed by atoms with van der Waals surface area (Å²) in [6, 6.07) is 0. The van der Waals surface area contributed by atoms with Crippen LogP contribution >= 0.6 is 23.5 Å². The highest BCUT2D eigenvalue weighted by Crippen LogP contribution is 2.36. The van der Waals surface area contributed by atoms with Gasteiger partial charge in [-0.25, -0.2) is 0 Å². The van der Waals surface area contributed by atoms with Crippen LogP contribution in [0.25, 0.3) is 0 Å². The first kappa shape index (κ1) is 13.0. The Labute approximate surface area is 101 Å². The fourth-order valence-corrected chi connectivity index (χ4v) is 4.35. The van der Waals surface area contributed by atoms with Gasteiger partial charge in [-0.05, 0) is 6.92 Å². The molecule has 1 saturated heterocycles. The fourth-order valence-electron chi connectivity index (χ4n) is 1.42. The Hall–Kier alpha value is -0.0700. The van der Waals surface area contributed by atoms with Crippen LogP contribution in [0.15, 0.2) is 0 Å². The normalized spacial score (nSPS) is 30.5. The van der Waals surface area contributed by atoms with Crippen LogP contribution in [0.3, 0.4) is 0 Å². The highest BCUT2D eigenvalue weighted by atomic mass is 32.2. The Morgan fingerprint density at radius 3 is 2.73 bits per heavy atom. The minimum Gasteiger partial charge on any atom is -0.298 e. The monoisotopic (exact) mass is 242 g/mol. The Kier molecular flexibility index (Phi) is 5.63. The van der Waals surface area contributed by atoms with E-state index in [2.05, 4.69) is 25.7 Å². The van der Waals surface area contributed by atoms with Crippen LogP contribution in [0, 0.1) is 11.8 Å². The standard InChI is InChI=1S/C12H18OS2/c1-4-5-6-7-11(13)12-8-14-9(2)10(3)15-12/h9-10,12H,6-8H2,1-3H3. The van der Waals surface area contributed by atoms with E-state index in [1.165, 1.54) is 0 Å². The van der Waals surface area contributed by atoms with E-state index in [1.807, 2.05) is 30.4 Å². The molecule has 0 amide bonds. The van der Waals surface area contributed by atoms with E-state index in [-0.39, 0.29) is 5.25 Å². The van der Waals surface area contributed by atoms with Gasteiger partial charge in [0, 0.05) is 29.1 Å². The minimum atomic E-state index is 0.208. The lowest BCUT2D eigenvalue weighted by atomic mass is 10.2. The van der Waals surface area contributed by atoms with Gasteiger partial charge in [-0.3, -0.25) is 4.79 Å². The van der Waals surface area contributed by atoms with Gasteiger partial charge < -0.3 is 0 Å². The molecule has 0 aromatic rings. The number of carbonyl (C=O) groups excluding carboxylic acids is 1. The average Bonchev–Trinajstić information content (AvgIpc) is 2.22. The second-order valence-electron chi connectivity index (χ2n) is 3.76. The molecule has 0 bridgehead atoms. The number of hydrogen-bond donors (Lipinski definition) is 0. The summed E-state index contributed by atoms with van der Waals surface area (Å²) in [5, 5.41) is 1.48. The zero-order chi connectivity index (χ0) is 11.3. The number of thioether (sulfide) groups is 2. The van der Waals surface area contributed by atoms with Crippen molar-refractivity contribution in [3.63, 3.8) is 0 Å². The van der Waals surface area contributed by atoms with Crippen LogP contribution in [-0.2, 0) is 4.79 Å². The van der Waals surface area contributed by atoms with Gasteiger partial charge >= 0.3 is 0 Å². The molecule has 1 fully saturated rings. The number of ketones is 1. The molecule has 3 unspecified atom stereocenters. The first-order valence-electron chi connectivity index (χ1n) is 5.34. The Bertz CT molecular complexity index is 277. The second-order valence-corrected chi connectivity index (χ2v) is 6.76. The topological polar surface area (TPSA) is 17.1 Å². The summed E-state index contributed by atoms with van der Waals surface area (Å²) in [4.78, 5) is 11.8. The molecule has 1 aliphatic rings. The highest BCUT2D eigenvalue weighted by Gasteiger charge is 2.29. The molecule has 1 rings (SSSR count). The van der Waals surface area contributed by atoms with E-state index in [4.69, 9.17) is 0 Å². The minimum absolute atomic E-state index is 0.208. The molecule has 15 heavy (non-hydrogen) atoms. The predicted octanol–water partition coefficient (Wildman–Crippen LogP) is 2.98. The summed E-state index contributed by atoms with van der Waals surface area (Å²) in [5.41, 5.74) is 0. The van der Waals surface area contributed by atoms with E-state index in [0.29, 0.717) is 22.7 Å². The van der Waals surface area contributed by atoms with Crippen molar-refractivity contribution in [1.29, 1.82) is 0 Å².